The number of hydrogen-bond acceptors (Lipinski definition) is 6. The van der Waals surface area contributed by atoms with E-state index < -0.39 is 5.91 Å². The average molecular weight is 403 g/mol. The third-order valence-electron chi connectivity index (χ3n) is 4.98. The maximum Gasteiger partial charge on any atom is 0.298 e. The number of oxazole rings is 1. The Morgan fingerprint density at radius 3 is 2.82 bits per heavy atom. The zero-order valence-corrected chi connectivity index (χ0v) is 16.5. The second-order valence-electron chi connectivity index (χ2n) is 7.12. The fraction of sp³-hybridized carbons (Fsp3) is 0.474. The van der Waals surface area contributed by atoms with Crippen molar-refractivity contribution in [3.05, 3.63) is 34.9 Å². The number of carbonyl (C=O) groups is 1. The van der Waals surface area contributed by atoms with Gasteiger partial charge in [0.05, 0.1) is 6.42 Å². The van der Waals surface area contributed by atoms with E-state index in [-0.39, 0.29) is 12.3 Å². The van der Waals surface area contributed by atoms with Crippen molar-refractivity contribution in [2.75, 3.05) is 18.0 Å². The van der Waals surface area contributed by atoms with Gasteiger partial charge in [-0.2, -0.15) is 10.1 Å². The van der Waals surface area contributed by atoms with Crippen LogP contribution in [0.25, 0.3) is 11.1 Å². The molecule has 148 valence electrons. The molecule has 1 aromatic carbocycles. The van der Waals surface area contributed by atoms with Gasteiger partial charge in [-0.05, 0) is 31.4 Å². The van der Waals surface area contributed by atoms with Gasteiger partial charge in [0.25, 0.3) is 6.01 Å². The molecule has 3 heterocycles. The van der Waals surface area contributed by atoms with E-state index in [1.54, 1.807) is 6.07 Å². The summed E-state index contributed by atoms with van der Waals surface area (Å²) in [6.45, 7) is 4.51. The Morgan fingerprint density at radius 2 is 2.11 bits per heavy atom. The molecule has 0 radical (unpaired) electrons. The lowest BCUT2D eigenvalue weighted by molar-refractivity contribution is -0.117. The molecular weight excluding hydrogens is 380 g/mol. The van der Waals surface area contributed by atoms with Crippen LogP contribution < -0.4 is 10.6 Å². The van der Waals surface area contributed by atoms with Gasteiger partial charge in [-0.25, -0.2) is 9.67 Å². The molecule has 0 unspecified atom stereocenters. The minimum Gasteiger partial charge on any atom is -0.423 e. The Morgan fingerprint density at radius 1 is 1.32 bits per heavy atom. The van der Waals surface area contributed by atoms with Gasteiger partial charge in [0.15, 0.2) is 11.4 Å². The molecule has 28 heavy (non-hydrogen) atoms. The van der Waals surface area contributed by atoms with E-state index in [2.05, 4.69) is 26.9 Å². The van der Waals surface area contributed by atoms with Crippen molar-refractivity contribution in [3.63, 3.8) is 0 Å². The van der Waals surface area contributed by atoms with Gasteiger partial charge in [-0.1, -0.05) is 18.5 Å². The van der Waals surface area contributed by atoms with Gasteiger partial charge >= 0.3 is 0 Å². The Balaban J connectivity index is 1.48. The molecule has 1 amide bonds. The molecule has 9 heteroatoms. The summed E-state index contributed by atoms with van der Waals surface area (Å²) >= 11 is 6.03. The summed E-state index contributed by atoms with van der Waals surface area (Å²) < 4.78 is 7.82. The van der Waals surface area contributed by atoms with Crippen molar-refractivity contribution in [2.24, 2.45) is 5.73 Å². The van der Waals surface area contributed by atoms with Crippen molar-refractivity contribution in [1.82, 2.24) is 19.7 Å². The summed E-state index contributed by atoms with van der Waals surface area (Å²) in [5.41, 5.74) is 6.80. The van der Waals surface area contributed by atoms with E-state index in [1.807, 2.05) is 16.8 Å². The number of benzene rings is 1. The largest absolute Gasteiger partial charge is 0.423 e. The van der Waals surface area contributed by atoms with Crippen LogP contribution in [0, 0.1) is 0 Å². The number of primary amides is 1. The number of rotatable bonds is 6. The zero-order valence-electron chi connectivity index (χ0n) is 15.8. The maximum atomic E-state index is 11.2. The van der Waals surface area contributed by atoms with Gasteiger partial charge in [0.2, 0.25) is 5.91 Å². The van der Waals surface area contributed by atoms with E-state index in [0.717, 1.165) is 50.2 Å². The van der Waals surface area contributed by atoms with E-state index >= 15 is 0 Å². The second kappa shape index (κ2) is 7.79. The Labute approximate surface area is 167 Å². The smallest absolute Gasteiger partial charge is 0.298 e. The quantitative estimate of drug-likeness (QED) is 0.679. The predicted octanol–water partition coefficient (Wildman–Crippen LogP) is 2.89. The number of nitrogens with two attached hydrogens (primary N) is 1. The number of fused-ring (bicyclic) bond motifs is 1. The minimum absolute atomic E-state index is 0.0774. The molecule has 2 aromatic heterocycles. The summed E-state index contributed by atoms with van der Waals surface area (Å²) in [6.07, 6.45) is 2.86. The van der Waals surface area contributed by atoms with E-state index in [4.69, 9.17) is 21.8 Å². The molecule has 0 aliphatic carbocycles. The number of carbonyl (C=O) groups excluding carboxylic acids is 1. The summed E-state index contributed by atoms with van der Waals surface area (Å²) in [5.74, 6) is 1.33. The molecule has 1 aliphatic heterocycles. The first kappa shape index (κ1) is 18.7. The average Bonchev–Trinajstić information content (AvgIpc) is 3.25. The normalized spacial score (nSPS) is 15.4. The van der Waals surface area contributed by atoms with Gasteiger partial charge in [0, 0.05) is 36.6 Å². The lowest BCUT2D eigenvalue weighted by Gasteiger charge is -2.30. The highest BCUT2D eigenvalue weighted by Gasteiger charge is 2.27. The number of anilines is 1. The summed E-state index contributed by atoms with van der Waals surface area (Å²) in [6, 6.07) is 6.09. The van der Waals surface area contributed by atoms with E-state index in [9.17, 15) is 4.79 Å². The molecular formula is C19H23ClN6O2. The Kier molecular flexibility index (Phi) is 5.21. The first-order valence-electron chi connectivity index (χ1n) is 9.56. The van der Waals surface area contributed by atoms with Crippen LogP contribution in [-0.4, -0.2) is 38.7 Å². The second-order valence-corrected chi connectivity index (χ2v) is 7.56. The van der Waals surface area contributed by atoms with Crippen molar-refractivity contribution < 1.29 is 9.21 Å². The van der Waals surface area contributed by atoms with Crippen LogP contribution in [0.1, 0.15) is 43.8 Å². The fourth-order valence-corrected chi connectivity index (χ4v) is 3.82. The van der Waals surface area contributed by atoms with E-state index in [1.165, 1.54) is 0 Å². The van der Waals surface area contributed by atoms with Gasteiger partial charge in [0.1, 0.15) is 11.3 Å². The van der Waals surface area contributed by atoms with Crippen molar-refractivity contribution >= 4 is 34.6 Å². The topological polar surface area (TPSA) is 103 Å². The molecule has 8 nitrogen and oxygen atoms in total. The SMILES string of the molecule is CCCn1nc(CC(N)=O)nc1C1CCN(c2nc3ccc(Cl)cc3o2)CC1. The number of piperidine rings is 1. The van der Waals surface area contributed by atoms with E-state index in [0.29, 0.717) is 22.4 Å². The molecule has 3 aromatic rings. The Bertz CT molecular complexity index is 990. The maximum absolute atomic E-state index is 11.2. The van der Waals surface area contributed by atoms with Crippen LogP contribution in [0.15, 0.2) is 22.6 Å². The number of nitrogens with zero attached hydrogens (tertiary/aromatic N) is 5. The van der Waals surface area contributed by atoms with Crippen molar-refractivity contribution in [2.45, 2.75) is 45.1 Å². The summed E-state index contributed by atoms with van der Waals surface area (Å²) in [4.78, 5) is 22.6. The number of hydrogen-bond donors (Lipinski definition) is 1. The lowest BCUT2D eigenvalue weighted by Crippen LogP contribution is -2.34. The van der Waals surface area contributed by atoms with Crippen LogP contribution in [0.4, 0.5) is 6.01 Å². The molecule has 0 spiro atoms. The van der Waals surface area contributed by atoms with Crippen LogP contribution in [-0.2, 0) is 17.8 Å². The molecule has 0 saturated carbocycles. The molecule has 0 bridgehead atoms. The minimum atomic E-state index is -0.411. The van der Waals surface area contributed by atoms with Crippen LogP contribution >= 0.6 is 11.6 Å². The summed E-state index contributed by atoms with van der Waals surface area (Å²) in [5, 5.41) is 5.11. The number of amides is 1. The van der Waals surface area contributed by atoms with Crippen LogP contribution in [0.2, 0.25) is 5.02 Å². The molecule has 1 fully saturated rings. The monoisotopic (exact) mass is 402 g/mol. The third kappa shape index (κ3) is 3.82. The van der Waals surface area contributed by atoms with Crippen LogP contribution in [0.5, 0.6) is 0 Å². The molecule has 2 N–H and O–H groups in total. The zero-order chi connectivity index (χ0) is 19.7. The van der Waals surface area contributed by atoms with Gasteiger partial charge < -0.3 is 15.1 Å². The number of halogens is 1. The number of aromatic nitrogens is 4. The van der Waals surface area contributed by atoms with Crippen molar-refractivity contribution in [1.29, 1.82) is 0 Å². The fourth-order valence-electron chi connectivity index (χ4n) is 3.66. The number of aryl methyl sites for hydroxylation is 1. The standard InChI is InChI=1S/C19H23ClN6O2/c1-2-7-26-18(23-17(24-26)11-16(21)27)12-5-8-25(9-6-12)19-22-14-4-3-13(20)10-15(14)28-19/h3-4,10,12H,2,5-9,11H2,1H3,(H2,21,27). The molecule has 1 saturated heterocycles. The first-order chi connectivity index (χ1) is 13.5. The predicted molar refractivity (Wildman–Crippen MR) is 106 cm³/mol. The van der Waals surface area contributed by atoms with Crippen LogP contribution in [0.3, 0.4) is 0 Å². The highest BCUT2D eigenvalue weighted by atomic mass is 35.5. The third-order valence-corrected chi connectivity index (χ3v) is 5.22. The molecule has 0 atom stereocenters. The lowest BCUT2D eigenvalue weighted by atomic mass is 9.96. The van der Waals surface area contributed by atoms with Gasteiger partial charge in [-0.3, -0.25) is 4.79 Å². The van der Waals surface area contributed by atoms with Gasteiger partial charge in [-0.15, -0.1) is 0 Å². The molecule has 1 aliphatic rings. The van der Waals surface area contributed by atoms with Crippen molar-refractivity contribution in [3.8, 4) is 0 Å². The molecule has 4 rings (SSSR count). The highest BCUT2D eigenvalue weighted by molar-refractivity contribution is 6.31. The highest BCUT2D eigenvalue weighted by Crippen LogP contribution is 2.31. The summed E-state index contributed by atoms with van der Waals surface area (Å²) in [7, 11) is 0. The Hall–Kier alpha value is -2.61. The first-order valence-corrected chi connectivity index (χ1v) is 9.94.